The van der Waals surface area contributed by atoms with Crippen LogP contribution in [0.2, 0.25) is 0 Å². The molecule has 0 amide bonds. The average molecular weight is 1980 g/mol. The van der Waals surface area contributed by atoms with Gasteiger partial charge in [0.25, 0.3) is 0 Å². The standard InChI is InChI=1S/C129H108N9.Ir/c1-85(100-73-64-94(112-52-28-31-76-130-112)79-118(100)136(97-67-58-91(59-68-97)88-37-16-13-17-38-88)115-55-34-46-106-103-43-22-25-49-109(103)124(4,5)121(106)115)133-127(10)82-128(11,134-86(2)101-74-65-95(113-53-29-32-77-131-113)80-119(101)137(98-69-60-92(61-70-98)89-39-18-14-19-40-89)116-56-35-47-107-104-44-23-26-50-110(104)125(6,7)122(107)116)84-129(12,83-127)135-87(3)102-75-66-96(114-54-30-33-78-132-114)81-120(102)138(99-71-62-93(63-72-99)90-41-20-15-21-42-90)117-57-36-48-108-105-45-24-27-51-111(105)126(8,9)123(108)117;/h13-63,67-81H,82-84H2,1-12H3;/q-3;+3. The van der Waals surface area contributed by atoms with E-state index in [1.165, 1.54) is 66.8 Å². The number of rotatable bonds is 21. The molecule has 0 radical (unpaired) electrons. The number of hydrogen-bond donors (Lipinski definition) is 0. The van der Waals surface area contributed by atoms with Crippen molar-refractivity contribution in [3.05, 3.63) is 469 Å². The molecule has 1 fully saturated rings. The van der Waals surface area contributed by atoms with Gasteiger partial charge in [-0.2, -0.15) is 0 Å². The van der Waals surface area contributed by atoms with Gasteiger partial charge < -0.3 is 29.7 Å². The molecule has 0 spiro atoms. The molecule has 0 bridgehead atoms. The topological polar surface area (TPSA) is 85.5 Å². The van der Waals surface area contributed by atoms with Crippen molar-refractivity contribution in [3.63, 3.8) is 0 Å². The fourth-order valence-electron chi connectivity index (χ4n) is 23.7. The molecule has 0 aliphatic heterocycles. The van der Waals surface area contributed by atoms with Crippen LogP contribution in [0.5, 0.6) is 0 Å². The van der Waals surface area contributed by atoms with E-state index in [0.29, 0.717) is 19.3 Å². The van der Waals surface area contributed by atoms with Gasteiger partial charge in [0.1, 0.15) is 0 Å². The van der Waals surface area contributed by atoms with Crippen LogP contribution in [0.3, 0.4) is 0 Å². The Bertz CT molecular complexity index is 7060. The van der Waals surface area contributed by atoms with Crippen molar-refractivity contribution < 1.29 is 20.1 Å². The largest absolute Gasteiger partial charge is 3.00 e. The fourth-order valence-corrected chi connectivity index (χ4v) is 23.7. The fraction of sp³-hybridized carbons (Fsp3) is 0.163. The zero-order valence-electron chi connectivity index (χ0n) is 80.6. The van der Waals surface area contributed by atoms with Gasteiger partial charge in [-0.05, 0) is 268 Å². The minimum absolute atomic E-state index is 0. The molecule has 10 heteroatoms. The number of pyridine rings is 3. The second-order valence-corrected chi connectivity index (χ2v) is 40.1. The summed E-state index contributed by atoms with van der Waals surface area (Å²) < 4.78 is 0. The van der Waals surface area contributed by atoms with Gasteiger partial charge in [0.2, 0.25) is 0 Å². The summed E-state index contributed by atoms with van der Waals surface area (Å²) in [6, 6.07) is 150. The van der Waals surface area contributed by atoms with Crippen molar-refractivity contribution in [3.8, 4) is 101 Å². The summed E-state index contributed by atoms with van der Waals surface area (Å²) in [6.45, 7) is 28.0. The first-order valence-corrected chi connectivity index (χ1v) is 48.2. The number of hydrogen-bond acceptors (Lipinski definition) is 9. The Morgan fingerprint density at radius 3 is 0.748 bits per heavy atom. The monoisotopic (exact) mass is 1980 g/mol. The van der Waals surface area contributed by atoms with Gasteiger partial charge in [0.05, 0.1) is 16.6 Å². The Morgan fingerprint density at radius 1 is 0.252 bits per heavy atom. The van der Waals surface area contributed by atoms with Crippen molar-refractivity contribution in [1.29, 1.82) is 0 Å². The van der Waals surface area contributed by atoms with Crippen LogP contribution in [-0.4, -0.2) is 48.7 Å². The molecule has 15 aromatic carbocycles. The minimum Gasteiger partial charge on any atom is -0.327 e. The second kappa shape index (κ2) is 36.1. The van der Waals surface area contributed by atoms with Crippen LogP contribution in [0.4, 0.5) is 51.2 Å². The van der Waals surface area contributed by atoms with Crippen molar-refractivity contribution in [2.24, 2.45) is 15.0 Å². The van der Waals surface area contributed by atoms with E-state index in [9.17, 15) is 0 Å². The molecule has 678 valence electrons. The van der Waals surface area contributed by atoms with Gasteiger partial charge in [-0.15, -0.1) is 71.3 Å². The van der Waals surface area contributed by atoms with E-state index in [1.807, 2.05) is 36.8 Å². The summed E-state index contributed by atoms with van der Waals surface area (Å²) in [4.78, 5) is 41.8. The van der Waals surface area contributed by atoms with Crippen LogP contribution >= 0.6 is 0 Å². The van der Waals surface area contributed by atoms with Gasteiger partial charge >= 0.3 is 20.1 Å². The number of nitrogens with zero attached hydrogens (tertiary/aromatic N) is 9. The van der Waals surface area contributed by atoms with Gasteiger partial charge in [-0.3, -0.25) is 15.0 Å². The maximum absolute atomic E-state index is 6.41. The summed E-state index contributed by atoms with van der Waals surface area (Å²) in [5.41, 5.74) is 37.4. The third-order valence-corrected chi connectivity index (χ3v) is 29.2. The Hall–Kier alpha value is -15.2. The van der Waals surface area contributed by atoms with E-state index in [1.54, 1.807) is 0 Å². The van der Waals surface area contributed by atoms with Crippen molar-refractivity contribution in [2.45, 2.75) is 135 Å². The van der Waals surface area contributed by atoms with E-state index in [0.717, 1.165) is 152 Å². The van der Waals surface area contributed by atoms with Crippen LogP contribution < -0.4 is 14.7 Å². The Kier molecular flexibility index (Phi) is 23.4. The molecule has 1 saturated carbocycles. The second-order valence-electron chi connectivity index (χ2n) is 40.1. The molecule has 0 saturated heterocycles. The molecule has 0 N–H and O–H groups in total. The molecule has 139 heavy (non-hydrogen) atoms. The molecule has 9 nitrogen and oxygen atoms in total. The maximum Gasteiger partial charge on any atom is 3.00 e. The number of fused-ring (bicyclic) bond motifs is 9. The first kappa shape index (κ1) is 90.3. The summed E-state index contributed by atoms with van der Waals surface area (Å²) >= 11 is 0. The van der Waals surface area contributed by atoms with Gasteiger partial charge in [0, 0.05) is 86.1 Å². The van der Waals surface area contributed by atoms with Crippen LogP contribution in [0.25, 0.3) is 101 Å². The third-order valence-electron chi connectivity index (χ3n) is 29.2. The van der Waals surface area contributed by atoms with Crippen molar-refractivity contribution >= 4 is 68.3 Å². The normalized spacial score (nSPS) is 17.3. The molecule has 3 aromatic heterocycles. The first-order valence-electron chi connectivity index (χ1n) is 48.2. The number of aromatic nitrogens is 3. The maximum atomic E-state index is 6.41. The quantitative estimate of drug-likeness (QED) is 0.0526. The predicted octanol–water partition coefficient (Wildman–Crippen LogP) is 32.9. The van der Waals surface area contributed by atoms with Crippen LogP contribution in [-0.2, 0) is 36.4 Å². The molecule has 0 atom stereocenters. The summed E-state index contributed by atoms with van der Waals surface area (Å²) in [5, 5.41) is 0. The summed E-state index contributed by atoms with van der Waals surface area (Å²) in [6.07, 6.45) is 7.25. The SMILES string of the molecule is CC(=NC1(C)CC(C)(N=C(C)c2c[c-]c(-c3ccccn3)cc2N(c2ccc(-c3ccccc3)cc2)c2cccc3c2C(C)(C)c2ccccc2-3)CC(C)(N=C(C)c2c[c-]c(-c3ccccn3)cc2N(c2ccc(-c3ccccc3)cc2)c2cccc3c2C(C)(C)c2ccccc2-3)C1)c1c[c-]c(-c2ccccn2)cc1N(c1ccc(-c2ccccc2)cc1)c1cccc2c1C(C)(C)c1ccccc1-2.[Ir+3]. The Labute approximate surface area is 831 Å². The van der Waals surface area contributed by atoms with Crippen LogP contribution in [0.15, 0.2) is 416 Å². The van der Waals surface area contributed by atoms with E-state index < -0.39 is 32.9 Å². The summed E-state index contributed by atoms with van der Waals surface area (Å²) in [7, 11) is 0. The number of benzene rings is 15. The zero-order valence-corrected chi connectivity index (χ0v) is 83.0. The van der Waals surface area contributed by atoms with Gasteiger partial charge in [-0.1, -0.05) is 331 Å². The Balaban J connectivity index is 0.0000115. The van der Waals surface area contributed by atoms with E-state index >= 15 is 0 Å². The minimum atomic E-state index is -0.874. The van der Waals surface area contributed by atoms with Crippen molar-refractivity contribution in [1.82, 2.24) is 15.0 Å². The number of anilines is 9. The van der Waals surface area contributed by atoms with Gasteiger partial charge in [-0.25, -0.2) is 0 Å². The predicted molar refractivity (Wildman–Crippen MR) is 574 cm³/mol. The van der Waals surface area contributed by atoms with Gasteiger partial charge in [0.15, 0.2) is 0 Å². The van der Waals surface area contributed by atoms with Crippen LogP contribution in [0, 0.1) is 18.2 Å². The molecule has 0 unspecified atom stereocenters. The van der Waals surface area contributed by atoms with E-state index in [-0.39, 0.29) is 20.1 Å². The van der Waals surface area contributed by atoms with Crippen LogP contribution in [0.1, 0.15) is 152 Å². The average Bonchev–Trinajstić information content (AvgIpc) is 1.56. The molecular formula is C129H108IrN9. The molecule has 3 heterocycles. The molecule has 4 aliphatic rings. The summed E-state index contributed by atoms with van der Waals surface area (Å²) in [5.74, 6) is 0. The third kappa shape index (κ3) is 16.5. The van der Waals surface area contributed by atoms with E-state index in [2.05, 4.69) is 480 Å². The molecule has 18 aromatic rings. The Morgan fingerprint density at radius 2 is 0.489 bits per heavy atom. The smallest absolute Gasteiger partial charge is 0.327 e. The molecule has 4 aliphatic carbocycles. The first-order chi connectivity index (χ1) is 67.0. The van der Waals surface area contributed by atoms with Crippen molar-refractivity contribution in [2.75, 3.05) is 14.7 Å². The number of aliphatic imine (C=N–C) groups is 3. The van der Waals surface area contributed by atoms with E-state index in [4.69, 9.17) is 29.9 Å². The molecule has 22 rings (SSSR count). The zero-order chi connectivity index (χ0) is 94.4. The molecular weight excluding hydrogens is 1870 g/mol.